The fourth-order valence-electron chi connectivity index (χ4n) is 2.13. The van der Waals surface area contributed by atoms with Crippen molar-refractivity contribution >= 4 is 21.8 Å². The number of halogens is 2. The maximum atomic E-state index is 13.4. The van der Waals surface area contributed by atoms with Gasteiger partial charge in [-0.15, -0.1) is 0 Å². The second-order valence-electron chi connectivity index (χ2n) is 5.17. The molecule has 1 amide bonds. The van der Waals surface area contributed by atoms with Crippen molar-refractivity contribution < 1.29 is 9.18 Å². The van der Waals surface area contributed by atoms with E-state index in [1.165, 1.54) is 6.07 Å². The summed E-state index contributed by atoms with van der Waals surface area (Å²) in [5.41, 5.74) is 0.301. The highest BCUT2D eigenvalue weighted by Crippen LogP contribution is 2.19. The van der Waals surface area contributed by atoms with E-state index in [9.17, 15) is 9.18 Å². The summed E-state index contributed by atoms with van der Waals surface area (Å²) in [5, 5.41) is 3.34. The summed E-state index contributed by atoms with van der Waals surface area (Å²) in [5.74, 6) is -0.522. The number of carbonyl (C=O) groups is 1. The second-order valence-corrected chi connectivity index (χ2v) is 6.02. The van der Waals surface area contributed by atoms with Gasteiger partial charge >= 0.3 is 0 Å². The summed E-state index contributed by atoms with van der Waals surface area (Å²) < 4.78 is 13.8. The van der Waals surface area contributed by atoms with Crippen molar-refractivity contribution in [1.29, 1.82) is 0 Å². The Morgan fingerprint density at radius 2 is 2.22 bits per heavy atom. The van der Waals surface area contributed by atoms with E-state index in [0.29, 0.717) is 23.1 Å². The molecule has 0 radical (unpaired) electrons. The molecule has 0 saturated carbocycles. The van der Waals surface area contributed by atoms with Crippen LogP contribution in [0.4, 0.5) is 4.39 Å². The summed E-state index contributed by atoms with van der Waals surface area (Å²) in [6.45, 7) is 6.14. The number of hydrogen-bond donors (Lipinski definition) is 1. The van der Waals surface area contributed by atoms with Crippen LogP contribution >= 0.6 is 15.9 Å². The van der Waals surface area contributed by atoms with Crippen LogP contribution in [0.5, 0.6) is 0 Å². The summed E-state index contributed by atoms with van der Waals surface area (Å²) in [7, 11) is 0. The van der Waals surface area contributed by atoms with E-state index in [0.717, 1.165) is 6.54 Å². The molecular formula is C13H16BrFN2O. The number of nitrogens with zero attached hydrogens (tertiary/aromatic N) is 1. The third-order valence-corrected chi connectivity index (χ3v) is 3.67. The van der Waals surface area contributed by atoms with Crippen LogP contribution in [0.1, 0.15) is 24.2 Å². The molecule has 1 aliphatic rings. The molecule has 18 heavy (non-hydrogen) atoms. The molecule has 98 valence electrons. The number of rotatable bonds is 1. The van der Waals surface area contributed by atoms with Gasteiger partial charge in [0.15, 0.2) is 0 Å². The van der Waals surface area contributed by atoms with Gasteiger partial charge in [0.2, 0.25) is 0 Å². The molecule has 0 aromatic heterocycles. The maximum Gasteiger partial charge on any atom is 0.254 e. The van der Waals surface area contributed by atoms with Crippen LogP contribution in [0.25, 0.3) is 0 Å². The zero-order valence-corrected chi connectivity index (χ0v) is 12.1. The standard InChI is InChI=1S/C13H16BrFN2O/c1-13(2)8-17(6-5-16-13)12(18)9-3-4-10(14)11(15)7-9/h3-4,7,16H,5-6,8H2,1-2H3. The van der Waals surface area contributed by atoms with E-state index in [2.05, 4.69) is 35.1 Å². The van der Waals surface area contributed by atoms with Gasteiger partial charge in [-0.2, -0.15) is 0 Å². The van der Waals surface area contributed by atoms with E-state index in [1.807, 2.05) is 0 Å². The zero-order valence-electron chi connectivity index (χ0n) is 10.5. The fraction of sp³-hybridized carbons (Fsp3) is 0.462. The predicted octanol–water partition coefficient (Wildman–Crippen LogP) is 2.41. The third-order valence-electron chi connectivity index (χ3n) is 3.03. The Labute approximate surface area is 114 Å². The molecule has 1 N–H and O–H groups in total. The van der Waals surface area contributed by atoms with Crippen LogP contribution in [-0.2, 0) is 0 Å². The van der Waals surface area contributed by atoms with Gasteiger partial charge in [0.1, 0.15) is 5.82 Å². The normalized spacial score (nSPS) is 18.8. The molecule has 1 fully saturated rings. The number of hydrogen-bond acceptors (Lipinski definition) is 2. The highest BCUT2D eigenvalue weighted by atomic mass is 79.9. The van der Waals surface area contributed by atoms with Gasteiger partial charge in [-0.25, -0.2) is 4.39 Å². The molecule has 1 aromatic carbocycles. The van der Waals surface area contributed by atoms with E-state index in [-0.39, 0.29) is 11.4 Å². The third kappa shape index (κ3) is 2.90. The van der Waals surface area contributed by atoms with E-state index in [1.54, 1.807) is 17.0 Å². The van der Waals surface area contributed by atoms with Gasteiger partial charge in [-0.3, -0.25) is 4.79 Å². The van der Waals surface area contributed by atoms with Crippen molar-refractivity contribution in [2.45, 2.75) is 19.4 Å². The van der Waals surface area contributed by atoms with Crippen molar-refractivity contribution in [3.05, 3.63) is 34.1 Å². The van der Waals surface area contributed by atoms with Crippen LogP contribution < -0.4 is 5.32 Å². The van der Waals surface area contributed by atoms with E-state index < -0.39 is 5.82 Å². The lowest BCUT2D eigenvalue weighted by Gasteiger charge is -2.39. The highest BCUT2D eigenvalue weighted by Gasteiger charge is 2.29. The van der Waals surface area contributed by atoms with Gasteiger partial charge in [-0.1, -0.05) is 0 Å². The Kier molecular flexibility index (Phi) is 3.73. The first-order valence-electron chi connectivity index (χ1n) is 5.88. The van der Waals surface area contributed by atoms with Crippen LogP contribution in [0, 0.1) is 5.82 Å². The first-order valence-corrected chi connectivity index (χ1v) is 6.68. The Morgan fingerprint density at radius 3 is 2.83 bits per heavy atom. The van der Waals surface area contributed by atoms with Crippen molar-refractivity contribution in [3.63, 3.8) is 0 Å². The first-order chi connectivity index (χ1) is 8.39. The SMILES string of the molecule is CC1(C)CN(C(=O)c2ccc(Br)c(F)c2)CCN1. The molecule has 0 aliphatic carbocycles. The fourth-order valence-corrected chi connectivity index (χ4v) is 2.37. The minimum absolute atomic E-state index is 0.0954. The van der Waals surface area contributed by atoms with Gasteiger partial charge in [0.05, 0.1) is 4.47 Å². The number of nitrogens with one attached hydrogen (secondary N) is 1. The maximum absolute atomic E-state index is 13.4. The lowest BCUT2D eigenvalue weighted by atomic mass is 10.0. The van der Waals surface area contributed by atoms with Crippen molar-refractivity contribution in [3.8, 4) is 0 Å². The monoisotopic (exact) mass is 314 g/mol. The number of piperazine rings is 1. The summed E-state index contributed by atoms with van der Waals surface area (Å²) in [4.78, 5) is 14.0. The topological polar surface area (TPSA) is 32.3 Å². The Morgan fingerprint density at radius 1 is 1.50 bits per heavy atom. The van der Waals surface area contributed by atoms with Crippen LogP contribution in [0.2, 0.25) is 0 Å². The van der Waals surface area contributed by atoms with Crippen LogP contribution in [0.3, 0.4) is 0 Å². The second kappa shape index (κ2) is 4.97. The minimum atomic E-state index is -0.407. The van der Waals surface area contributed by atoms with Crippen LogP contribution in [-0.4, -0.2) is 36.0 Å². The van der Waals surface area contributed by atoms with Gasteiger partial charge in [0, 0.05) is 30.7 Å². The van der Waals surface area contributed by atoms with Crippen molar-refractivity contribution in [1.82, 2.24) is 10.2 Å². The predicted molar refractivity (Wildman–Crippen MR) is 72.1 cm³/mol. The Hall–Kier alpha value is -0.940. The largest absolute Gasteiger partial charge is 0.336 e. The van der Waals surface area contributed by atoms with Crippen molar-refractivity contribution in [2.75, 3.05) is 19.6 Å². The minimum Gasteiger partial charge on any atom is -0.336 e. The molecule has 1 heterocycles. The zero-order chi connectivity index (χ0) is 13.3. The van der Waals surface area contributed by atoms with E-state index in [4.69, 9.17) is 0 Å². The molecule has 2 rings (SSSR count). The molecule has 0 spiro atoms. The van der Waals surface area contributed by atoms with Gasteiger partial charge in [0.25, 0.3) is 5.91 Å². The molecule has 0 unspecified atom stereocenters. The number of benzene rings is 1. The number of amides is 1. The highest BCUT2D eigenvalue weighted by molar-refractivity contribution is 9.10. The molecule has 3 nitrogen and oxygen atoms in total. The smallest absolute Gasteiger partial charge is 0.254 e. The van der Waals surface area contributed by atoms with Gasteiger partial charge < -0.3 is 10.2 Å². The molecule has 1 saturated heterocycles. The summed E-state index contributed by atoms with van der Waals surface area (Å²) in [6.07, 6.45) is 0. The molecule has 1 aromatic rings. The lowest BCUT2D eigenvalue weighted by molar-refractivity contribution is 0.0651. The lowest BCUT2D eigenvalue weighted by Crippen LogP contribution is -2.58. The van der Waals surface area contributed by atoms with Gasteiger partial charge in [-0.05, 0) is 48.0 Å². The molecule has 0 bridgehead atoms. The quantitative estimate of drug-likeness (QED) is 0.863. The number of carbonyl (C=O) groups excluding carboxylic acids is 1. The van der Waals surface area contributed by atoms with Crippen molar-refractivity contribution in [2.24, 2.45) is 0 Å². The van der Waals surface area contributed by atoms with Crippen LogP contribution in [0.15, 0.2) is 22.7 Å². The Bertz CT molecular complexity index is 476. The molecule has 0 atom stereocenters. The first kappa shape index (κ1) is 13.5. The average Bonchev–Trinajstić information content (AvgIpc) is 2.30. The molecule has 1 aliphatic heterocycles. The Balaban J connectivity index is 2.18. The summed E-state index contributed by atoms with van der Waals surface area (Å²) >= 11 is 3.08. The average molecular weight is 315 g/mol. The summed E-state index contributed by atoms with van der Waals surface area (Å²) in [6, 6.07) is 4.49. The van der Waals surface area contributed by atoms with E-state index >= 15 is 0 Å². The molecule has 5 heteroatoms. The molecular weight excluding hydrogens is 299 g/mol.